The first-order valence-corrected chi connectivity index (χ1v) is 5.54. The Labute approximate surface area is 109 Å². The first-order valence-electron chi connectivity index (χ1n) is 5.54. The number of carbonyl (C=O) groups is 1. The van der Waals surface area contributed by atoms with E-state index in [-0.39, 0.29) is 5.69 Å². The van der Waals surface area contributed by atoms with Gasteiger partial charge in [0.15, 0.2) is 0 Å². The molecular weight excluding hydrogens is 242 g/mol. The third-order valence-electron chi connectivity index (χ3n) is 2.44. The van der Waals surface area contributed by atoms with Crippen molar-refractivity contribution in [2.24, 2.45) is 5.73 Å². The average Bonchev–Trinajstić information content (AvgIpc) is 2.46. The summed E-state index contributed by atoms with van der Waals surface area (Å²) >= 11 is 0. The molecule has 1 aromatic carbocycles. The molecule has 94 valence electrons. The Morgan fingerprint density at radius 3 is 2.68 bits per heavy atom. The molecule has 0 aliphatic rings. The van der Waals surface area contributed by atoms with Crippen LogP contribution < -0.4 is 11.1 Å². The summed E-state index contributed by atoms with van der Waals surface area (Å²) in [6.45, 7) is 0.516. The van der Waals surface area contributed by atoms with E-state index in [9.17, 15) is 4.79 Å². The third-order valence-corrected chi connectivity index (χ3v) is 2.44. The first kappa shape index (κ1) is 12.5. The molecule has 0 aliphatic heterocycles. The Bertz CT molecular complexity index is 630. The van der Waals surface area contributed by atoms with Crippen LogP contribution in [0.25, 0.3) is 0 Å². The largest absolute Gasteiger partial charge is 0.365 e. The minimum absolute atomic E-state index is 0.116. The van der Waals surface area contributed by atoms with Gasteiger partial charge in [0.2, 0.25) is 0 Å². The zero-order valence-electron chi connectivity index (χ0n) is 10.00. The fourth-order valence-corrected chi connectivity index (χ4v) is 1.46. The lowest BCUT2D eigenvalue weighted by molar-refractivity contribution is 0.0995. The van der Waals surface area contributed by atoms with Crippen LogP contribution in [0.1, 0.15) is 21.6 Å². The molecular formula is C13H11N5O. The summed E-state index contributed by atoms with van der Waals surface area (Å²) in [5.74, 6) is -0.143. The predicted molar refractivity (Wildman–Crippen MR) is 69.0 cm³/mol. The smallest absolute Gasteiger partial charge is 0.268 e. The van der Waals surface area contributed by atoms with E-state index in [4.69, 9.17) is 11.0 Å². The standard InChI is InChI=1S/C13H11N5O/c14-5-9-1-3-10(4-2-9)6-17-12-8-16-7-11(18-12)13(15)19/h1-4,7-8H,6H2,(H2,15,19)(H,17,18). The number of benzene rings is 1. The van der Waals surface area contributed by atoms with Crippen LogP contribution in [0.3, 0.4) is 0 Å². The maximum Gasteiger partial charge on any atom is 0.268 e. The molecule has 0 fully saturated rings. The van der Waals surface area contributed by atoms with Gasteiger partial charge in [-0.05, 0) is 17.7 Å². The third kappa shape index (κ3) is 3.26. The van der Waals surface area contributed by atoms with Crippen molar-refractivity contribution in [3.05, 3.63) is 53.5 Å². The monoisotopic (exact) mass is 253 g/mol. The lowest BCUT2D eigenvalue weighted by Crippen LogP contribution is -2.14. The average molecular weight is 253 g/mol. The number of carbonyl (C=O) groups excluding carboxylic acids is 1. The molecule has 2 aromatic rings. The summed E-state index contributed by atoms with van der Waals surface area (Å²) < 4.78 is 0. The van der Waals surface area contributed by atoms with Gasteiger partial charge in [-0.25, -0.2) is 4.98 Å². The van der Waals surface area contributed by atoms with Crippen LogP contribution in [-0.4, -0.2) is 15.9 Å². The number of nitrogens with two attached hydrogens (primary N) is 1. The fourth-order valence-electron chi connectivity index (χ4n) is 1.46. The van der Waals surface area contributed by atoms with Crippen LogP contribution >= 0.6 is 0 Å². The van der Waals surface area contributed by atoms with Crippen LogP contribution in [0.4, 0.5) is 5.82 Å². The van der Waals surface area contributed by atoms with Crippen LogP contribution in [0.2, 0.25) is 0 Å². The highest BCUT2D eigenvalue weighted by atomic mass is 16.1. The zero-order valence-corrected chi connectivity index (χ0v) is 10.00. The van der Waals surface area contributed by atoms with E-state index in [0.29, 0.717) is 17.9 Å². The number of amides is 1. The van der Waals surface area contributed by atoms with Gasteiger partial charge in [-0.1, -0.05) is 12.1 Å². The molecule has 0 saturated carbocycles. The van der Waals surface area contributed by atoms with Crippen molar-refractivity contribution in [1.82, 2.24) is 9.97 Å². The number of rotatable bonds is 4. The predicted octanol–water partition coefficient (Wildman–Crippen LogP) is 1.06. The number of nitrogens with one attached hydrogen (secondary N) is 1. The van der Waals surface area contributed by atoms with Crippen LogP contribution in [-0.2, 0) is 6.54 Å². The normalized spacial score (nSPS) is 9.63. The number of hydrogen-bond acceptors (Lipinski definition) is 5. The quantitative estimate of drug-likeness (QED) is 0.847. The van der Waals surface area contributed by atoms with Gasteiger partial charge in [0.25, 0.3) is 5.91 Å². The Hall–Kier alpha value is -2.94. The van der Waals surface area contributed by atoms with Gasteiger partial charge in [-0.2, -0.15) is 5.26 Å². The molecule has 1 heterocycles. The van der Waals surface area contributed by atoms with Crippen molar-refractivity contribution >= 4 is 11.7 Å². The number of nitrogens with zero attached hydrogens (tertiary/aromatic N) is 3. The maximum atomic E-state index is 11.0. The van der Waals surface area contributed by atoms with Crippen molar-refractivity contribution in [1.29, 1.82) is 5.26 Å². The Kier molecular flexibility index (Phi) is 3.69. The van der Waals surface area contributed by atoms with Crippen molar-refractivity contribution < 1.29 is 4.79 Å². The molecule has 0 spiro atoms. The van der Waals surface area contributed by atoms with E-state index >= 15 is 0 Å². The van der Waals surface area contributed by atoms with Gasteiger partial charge in [-0.15, -0.1) is 0 Å². The molecule has 0 bridgehead atoms. The second kappa shape index (κ2) is 5.60. The minimum Gasteiger partial charge on any atom is -0.365 e. The lowest BCUT2D eigenvalue weighted by atomic mass is 10.1. The minimum atomic E-state index is -0.616. The molecule has 2 rings (SSSR count). The molecule has 0 saturated heterocycles. The van der Waals surface area contributed by atoms with E-state index in [1.165, 1.54) is 12.4 Å². The summed E-state index contributed by atoms with van der Waals surface area (Å²) in [6, 6.07) is 9.22. The molecule has 1 aromatic heterocycles. The molecule has 3 N–H and O–H groups in total. The molecule has 1 amide bonds. The molecule has 0 aliphatic carbocycles. The highest BCUT2D eigenvalue weighted by molar-refractivity contribution is 5.90. The van der Waals surface area contributed by atoms with Gasteiger partial charge >= 0.3 is 0 Å². The van der Waals surface area contributed by atoms with E-state index in [2.05, 4.69) is 21.4 Å². The van der Waals surface area contributed by atoms with Crippen LogP contribution in [0.15, 0.2) is 36.7 Å². The van der Waals surface area contributed by atoms with E-state index < -0.39 is 5.91 Å². The van der Waals surface area contributed by atoms with Gasteiger partial charge in [0, 0.05) is 6.54 Å². The topological polar surface area (TPSA) is 105 Å². The second-order valence-electron chi connectivity index (χ2n) is 3.82. The summed E-state index contributed by atoms with van der Waals surface area (Å²) in [5.41, 5.74) is 6.84. The second-order valence-corrected chi connectivity index (χ2v) is 3.82. The molecule has 0 unspecified atom stereocenters. The molecule has 0 atom stereocenters. The summed E-state index contributed by atoms with van der Waals surface area (Å²) in [4.78, 5) is 18.9. The number of aromatic nitrogens is 2. The van der Waals surface area contributed by atoms with Gasteiger partial charge in [0.05, 0.1) is 24.0 Å². The SMILES string of the molecule is N#Cc1ccc(CNc2cncc(C(N)=O)n2)cc1. The van der Waals surface area contributed by atoms with Gasteiger partial charge < -0.3 is 11.1 Å². The van der Waals surface area contributed by atoms with Crippen LogP contribution in [0.5, 0.6) is 0 Å². The van der Waals surface area contributed by atoms with E-state index in [1.807, 2.05) is 12.1 Å². The van der Waals surface area contributed by atoms with E-state index in [0.717, 1.165) is 5.56 Å². The lowest BCUT2D eigenvalue weighted by Gasteiger charge is -2.06. The van der Waals surface area contributed by atoms with E-state index in [1.54, 1.807) is 12.1 Å². The van der Waals surface area contributed by atoms with Crippen LogP contribution in [0, 0.1) is 11.3 Å². The molecule has 6 heteroatoms. The summed E-state index contributed by atoms with van der Waals surface area (Å²) in [7, 11) is 0. The number of anilines is 1. The number of primary amides is 1. The molecule has 6 nitrogen and oxygen atoms in total. The summed E-state index contributed by atoms with van der Waals surface area (Å²) in [5, 5.41) is 11.7. The van der Waals surface area contributed by atoms with Crippen molar-refractivity contribution in [3.63, 3.8) is 0 Å². The zero-order chi connectivity index (χ0) is 13.7. The molecule has 0 radical (unpaired) electrons. The first-order chi connectivity index (χ1) is 9.19. The van der Waals surface area contributed by atoms with Crippen molar-refractivity contribution in [2.75, 3.05) is 5.32 Å². The van der Waals surface area contributed by atoms with Gasteiger partial charge in [0.1, 0.15) is 11.5 Å². The Balaban J connectivity index is 2.03. The number of hydrogen-bond donors (Lipinski definition) is 2. The highest BCUT2D eigenvalue weighted by Crippen LogP contribution is 2.07. The fraction of sp³-hybridized carbons (Fsp3) is 0.0769. The highest BCUT2D eigenvalue weighted by Gasteiger charge is 2.03. The van der Waals surface area contributed by atoms with Crippen molar-refractivity contribution in [2.45, 2.75) is 6.54 Å². The molecule has 19 heavy (non-hydrogen) atoms. The summed E-state index contributed by atoms with van der Waals surface area (Å²) in [6.07, 6.45) is 2.82. The maximum absolute atomic E-state index is 11.0. The Morgan fingerprint density at radius 2 is 2.05 bits per heavy atom. The van der Waals surface area contributed by atoms with Gasteiger partial charge in [-0.3, -0.25) is 9.78 Å². The Morgan fingerprint density at radius 1 is 1.32 bits per heavy atom. The number of nitriles is 1. The van der Waals surface area contributed by atoms with Crippen molar-refractivity contribution in [3.8, 4) is 6.07 Å².